The molecule has 0 aromatic rings. The SMILES string of the molecule is C[C@@H](O)C1OO1. The maximum Gasteiger partial charge on any atom is 0.249 e. The van der Waals surface area contributed by atoms with Gasteiger partial charge in [0.05, 0.1) is 0 Å². The monoisotopic (exact) mass is 90.0 g/mol. The van der Waals surface area contributed by atoms with Crippen molar-refractivity contribution in [1.82, 2.24) is 0 Å². The zero-order valence-corrected chi connectivity index (χ0v) is 3.42. The van der Waals surface area contributed by atoms with Gasteiger partial charge in [-0.15, -0.1) is 0 Å². The van der Waals surface area contributed by atoms with Crippen LogP contribution in [-0.2, 0) is 9.78 Å². The quantitative estimate of drug-likeness (QED) is 0.353. The van der Waals surface area contributed by atoms with Crippen molar-refractivity contribution < 1.29 is 14.9 Å². The van der Waals surface area contributed by atoms with Gasteiger partial charge in [-0.1, -0.05) is 0 Å². The van der Waals surface area contributed by atoms with Crippen LogP contribution in [-0.4, -0.2) is 17.5 Å². The molecule has 0 bridgehead atoms. The van der Waals surface area contributed by atoms with Crippen LogP contribution in [0.25, 0.3) is 0 Å². The lowest BCUT2D eigenvalue weighted by molar-refractivity contribution is 0.0850. The molecule has 1 heterocycles. The third-order valence-electron chi connectivity index (χ3n) is 0.601. The Kier molecular flexibility index (Phi) is 0.799. The minimum Gasteiger partial charge on any atom is -0.388 e. The van der Waals surface area contributed by atoms with Gasteiger partial charge in [-0.05, 0) is 6.92 Å². The number of aliphatic hydroxyl groups is 1. The zero-order valence-electron chi connectivity index (χ0n) is 3.42. The van der Waals surface area contributed by atoms with Crippen molar-refractivity contribution in [3.63, 3.8) is 0 Å². The van der Waals surface area contributed by atoms with Crippen LogP contribution < -0.4 is 0 Å². The Balaban J connectivity index is 2.13. The summed E-state index contributed by atoms with van der Waals surface area (Å²) in [5.41, 5.74) is 0. The maximum atomic E-state index is 8.44. The van der Waals surface area contributed by atoms with Crippen LogP contribution in [0.15, 0.2) is 0 Å². The molecule has 0 saturated carbocycles. The van der Waals surface area contributed by atoms with E-state index in [2.05, 4.69) is 9.78 Å². The first-order valence-corrected chi connectivity index (χ1v) is 1.81. The normalized spacial score (nSPS) is 27.0. The summed E-state index contributed by atoms with van der Waals surface area (Å²) < 4.78 is 0. The number of hydrogen-bond donors (Lipinski definition) is 1. The first-order chi connectivity index (χ1) is 2.80. The first-order valence-electron chi connectivity index (χ1n) is 1.81. The van der Waals surface area contributed by atoms with E-state index in [1.54, 1.807) is 6.92 Å². The highest BCUT2D eigenvalue weighted by Crippen LogP contribution is 2.14. The van der Waals surface area contributed by atoms with Crippen molar-refractivity contribution in [3.8, 4) is 0 Å². The van der Waals surface area contributed by atoms with Crippen molar-refractivity contribution >= 4 is 0 Å². The molecule has 1 rings (SSSR count). The van der Waals surface area contributed by atoms with Crippen LogP contribution in [0.2, 0.25) is 0 Å². The molecule has 3 nitrogen and oxygen atoms in total. The summed E-state index contributed by atoms with van der Waals surface area (Å²) in [5.74, 6) is 0. The summed E-state index contributed by atoms with van der Waals surface area (Å²) in [6.07, 6.45) is -0.824. The molecule has 6 heavy (non-hydrogen) atoms. The predicted molar refractivity (Wildman–Crippen MR) is 17.6 cm³/mol. The highest BCUT2D eigenvalue weighted by molar-refractivity contribution is 4.53. The summed E-state index contributed by atoms with van der Waals surface area (Å²) in [6.45, 7) is 1.61. The van der Waals surface area contributed by atoms with E-state index in [1.165, 1.54) is 0 Å². The Morgan fingerprint density at radius 1 is 1.67 bits per heavy atom. The molecule has 1 aliphatic rings. The lowest BCUT2D eigenvalue weighted by atomic mass is 10.4. The van der Waals surface area contributed by atoms with Crippen molar-refractivity contribution in [2.45, 2.75) is 19.3 Å². The van der Waals surface area contributed by atoms with Crippen LogP contribution in [0, 0.1) is 0 Å². The van der Waals surface area contributed by atoms with E-state index in [9.17, 15) is 0 Å². The highest BCUT2D eigenvalue weighted by Gasteiger charge is 2.30. The van der Waals surface area contributed by atoms with Crippen LogP contribution in [0.5, 0.6) is 0 Å². The molecular formula is C3H6O3. The second-order valence-electron chi connectivity index (χ2n) is 1.30. The summed E-state index contributed by atoms with van der Waals surface area (Å²) >= 11 is 0. The summed E-state index contributed by atoms with van der Waals surface area (Å²) in [6, 6.07) is 0. The number of hydrogen-bond acceptors (Lipinski definition) is 3. The fourth-order valence-corrected chi connectivity index (χ4v) is 0.193. The molecule has 1 saturated heterocycles. The van der Waals surface area contributed by atoms with Gasteiger partial charge in [0.1, 0.15) is 6.10 Å². The molecule has 0 aromatic carbocycles. The van der Waals surface area contributed by atoms with E-state index < -0.39 is 6.10 Å². The van der Waals surface area contributed by atoms with Gasteiger partial charge in [0.25, 0.3) is 0 Å². The Morgan fingerprint density at radius 3 is 2.17 bits per heavy atom. The minimum absolute atomic E-state index is 0.343. The zero-order chi connectivity index (χ0) is 4.57. The van der Waals surface area contributed by atoms with Gasteiger partial charge in [-0.25, -0.2) is 0 Å². The van der Waals surface area contributed by atoms with Gasteiger partial charge in [-0.3, -0.25) is 0 Å². The fraction of sp³-hybridized carbons (Fsp3) is 1.00. The average molecular weight is 90.1 g/mol. The van der Waals surface area contributed by atoms with E-state index in [0.717, 1.165) is 0 Å². The highest BCUT2D eigenvalue weighted by atomic mass is 17.4. The van der Waals surface area contributed by atoms with Crippen LogP contribution in [0.1, 0.15) is 6.92 Å². The molecule has 3 heteroatoms. The van der Waals surface area contributed by atoms with Gasteiger partial charge in [-0.2, -0.15) is 9.78 Å². The predicted octanol–water partition coefficient (Wildman–Crippen LogP) is -0.345. The fourth-order valence-electron chi connectivity index (χ4n) is 0.193. The molecule has 0 amide bonds. The molecule has 0 aromatic heterocycles. The molecule has 1 N–H and O–H groups in total. The van der Waals surface area contributed by atoms with Crippen molar-refractivity contribution in [2.24, 2.45) is 0 Å². The Hall–Kier alpha value is -0.120. The van der Waals surface area contributed by atoms with E-state index in [0.29, 0.717) is 0 Å². The molecule has 0 radical (unpaired) electrons. The maximum absolute atomic E-state index is 8.44. The van der Waals surface area contributed by atoms with E-state index in [1.807, 2.05) is 0 Å². The number of rotatable bonds is 1. The van der Waals surface area contributed by atoms with Gasteiger partial charge in [0.2, 0.25) is 6.29 Å². The summed E-state index contributed by atoms with van der Waals surface area (Å²) in [7, 11) is 0. The largest absolute Gasteiger partial charge is 0.388 e. The van der Waals surface area contributed by atoms with E-state index >= 15 is 0 Å². The third kappa shape index (κ3) is 0.680. The molecule has 0 unspecified atom stereocenters. The molecule has 36 valence electrons. The molecule has 0 aliphatic carbocycles. The molecule has 1 atom stereocenters. The molecule has 1 aliphatic heterocycles. The molecular weight excluding hydrogens is 84.0 g/mol. The Labute approximate surface area is 35.4 Å². The Morgan fingerprint density at radius 2 is 2.17 bits per heavy atom. The summed E-state index contributed by atoms with van der Waals surface area (Å²) in [5, 5.41) is 8.44. The van der Waals surface area contributed by atoms with Gasteiger partial charge >= 0.3 is 0 Å². The third-order valence-corrected chi connectivity index (χ3v) is 0.601. The second kappa shape index (κ2) is 1.18. The summed E-state index contributed by atoms with van der Waals surface area (Å²) in [4.78, 5) is 8.44. The van der Waals surface area contributed by atoms with Gasteiger partial charge in [0, 0.05) is 0 Å². The smallest absolute Gasteiger partial charge is 0.249 e. The van der Waals surface area contributed by atoms with Crippen molar-refractivity contribution in [1.29, 1.82) is 0 Å². The second-order valence-corrected chi connectivity index (χ2v) is 1.30. The van der Waals surface area contributed by atoms with Crippen molar-refractivity contribution in [3.05, 3.63) is 0 Å². The average Bonchev–Trinajstić information content (AvgIpc) is 2.06. The number of aliphatic hydroxyl groups excluding tert-OH is 1. The molecule has 1 fully saturated rings. The Bertz CT molecular complexity index is 48.0. The van der Waals surface area contributed by atoms with Crippen LogP contribution in [0.3, 0.4) is 0 Å². The van der Waals surface area contributed by atoms with E-state index in [4.69, 9.17) is 5.11 Å². The standard InChI is InChI=1S/C3H6O3/c1-2(4)3-5-6-3/h2-4H,1H3/t2-/m1/s1. The van der Waals surface area contributed by atoms with Gasteiger partial charge < -0.3 is 5.11 Å². The lowest BCUT2D eigenvalue weighted by Gasteiger charge is -1.86. The topological polar surface area (TPSA) is 45.3 Å². The van der Waals surface area contributed by atoms with E-state index in [-0.39, 0.29) is 6.29 Å². The minimum atomic E-state index is -0.481. The lowest BCUT2D eigenvalue weighted by Crippen LogP contribution is -2.06. The van der Waals surface area contributed by atoms with Crippen LogP contribution >= 0.6 is 0 Å². The van der Waals surface area contributed by atoms with Crippen LogP contribution in [0.4, 0.5) is 0 Å². The van der Waals surface area contributed by atoms with Crippen molar-refractivity contribution in [2.75, 3.05) is 0 Å². The molecule has 0 spiro atoms. The first kappa shape index (κ1) is 4.05. The van der Waals surface area contributed by atoms with Gasteiger partial charge in [0.15, 0.2) is 0 Å².